The summed E-state index contributed by atoms with van der Waals surface area (Å²) >= 11 is 0. The predicted molar refractivity (Wildman–Crippen MR) is 95.8 cm³/mol. The van der Waals surface area contributed by atoms with Crippen molar-refractivity contribution in [3.8, 4) is 5.75 Å². The Balaban J connectivity index is 1.75. The monoisotopic (exact) mass is 340 g/mol. The molecule has 1 aliphatic rings. The van der Waals surface area contributed by atoms with E-state index in [1.165, 1.54) is 0 Å². The minimum absolute atomic E-state index is 0.0390. The number of pyridine rings is 1. The van der Waals surface area contributed by atoms with Gasteiger partial charge in [0.05, 0.1) is 43.6 Å². The molecule has 130 valence electrons. The van der Waals surface area contributed by atoms with E-state index in [0.29, 0.717) is 19.0 Å². The molecule has 7 heteroatoms. The number of nitrogens with one attached hydrogen (secondary N) is 1. The number of anilines is 2. The standard InChI is InChI=1S/C18H20N4O3/c1-11-6-13(24-3)4-5-14(11)20-17-7-15-16(8-19-17)21(2)18(23)22(15)12-9-25-10-12/h4-8,12H,9-10H2,1-3H3,(H,19,20). The van der Waals surface area contributed by atoms with Gasteiger partial charge in [-0.05, 0) is 30.7 Å². The SMILES string of the molecule is COc1ccc(Nc2cc3c(cn2)n(C)c(=O)n3C2COC2)c(C)c1. The summed E-state index contributed by atoms with van der Waals surface area (Å²) < 4.78 is 13.9. The van der Waals surface area contributed by atoms with E-state index in [4.69, 9.17) is 9.47 Å². The molecule has 25 heavy (non-hydrogen) atoms. The minimum Gasteiger partial charge on any atom is -0.497 e. The van der Waals surface area contributed by atoms with Crippen molar-refractivity contribution in [2.24, 2.45) is 7.05 Å². The Morgan fingerprint density at radius 3 is 2.72 bits per heavy atom. The highest BCUT2D eigenvalue weighted by Gasteiger charge is 2.26. The summed E-state index contributed by atoms with van der Waals surface area (Å²) in [5.41, 5.74) is 3.64. The summed E-state index contributed by atoms with van der Waals surface area (Å²) in [6.45, 7) is 3.15. The number of nitrogens with zero attached hydrogens (tertiary/aromatic N) is 3. The van der Waals surface area contributed by atoms with Gasteiger partial charge in [0.1, 0.15) is 11.6 Å². The number of imidazole rings is 1. The van der Waals surface area contributed by atoms with Crippen LogP contribution in [0.15, 0.2) is 35.3 Å². The molecule has 1 aromatic carbocycles. The highest BCUT2D eigenvalue weighted by atomic mass is 16.5. The Bertz CT molecular complexity index is 1000. The van der Waals surface area contributed by atoms with E-state index < -0.39 is 0 Å². The van der Waals surface area contributed by atoms with Crippen LogP contribution in [0.4, 0.5) is 11.5 Å². The van der Waals surface area contributed by atoms with Crippen molar-refractivity contribution in [2.45, 2.75) is 13.0 Å². The average molecular weight is 340 g/mol. The number of ether oxygens (including phenoxy) is 2. The molecular weight excluding hydrogens is 320 g/mol. The Morgan fingerprint density at radius 2 is 2.08 bits per heavy atom. The van der Waals surface area contributed by atoms with Crippen LogP contribution in [0.25, 0.3) is 11.0 Å². The Kier molecular flexibility index (Phi) is 3.73. The topological polar surface area (TPSA) is 70.3 Å². The van der Waals surface area contributed by atoms with Crippen molar-refractivity contribution >= 4 is 22.5 Å². The summed E-state index contributed by atoms with van der Waals surface area (Å²) in [6, 6.07) is 7.83. The zero-order valence-electron chi connectivity index (χ0n) is 14.4. The second kappa shape index (κ2) is 5.93. The largest absolute Gasteiger partial charge is 0.497 e. The van der Waals surface area contributed by atoms with Crippen LogP contribution in [0, 0.1) is 6.92 Å². The molecule has 0 amide bonds. The molecule has 2 aromatic heterocycles. The van der Waals surface area contributed by atoms with Crippen LogP contribution in [-0.2, 0) is 11.8 Å². The van der Waals surface area contributed by atoms with Gasteiger partial charge < -0.3 is 14.8 Å². The Morgan fingerprint density at radius 1 is 1.28 bits per heavy atom. The van der Waals surface area contributed by atoms with Crippen LogP contribution < -0.4 is 15.7 Å². The maximum Gasteiger partial charge on any atom is 0.329 e. The first-order valence-corrected chi connectivity index (χ1v) is 8.15. The van der Waals surface area contributed by atoms with E-state index in [9.17, 15) is 4.79 Å². The normalized spacial score (nSPS) is 14.5. The predicted octanol–water partition coefficient (Wildman–Crippen LogP) is 2.37. The highest BCUT2D eigenvalue weighted by molar-refractivity contribution is 5.79. The third-order valence-corrected chi connectivity index (χ3v) is 4.66. The number of fused-ring (bicyclic) bond motifs is 1. The van der Waals surface area contributed by atoms with Gasteiger partial charge in [0.15, 0.2) is 0 Å². The first-order valence-electron chi connectivity index (χ1n) is 8.15. The van der Waals surface area contributed by atoms with Crippen molar-refractivity contribution in [3.05, 3.63) is 46.5 Å². The molecule has 0 unspecified atom stereocenters. The van der Waals surface area contributed by atoms with Crippen LogP contribution in [0.3, 0.4) is 0 Å². The number of hydrogen-bond donors (Lipinski definition) is 1. The van der Waals surface area contributed by atoms with E-state index in [-0.39, 0.29) is 11.7 Å². The smallest absolute Gasteiger partial charge is 0.329 e. The Labute approximate surface area is 144 Å². The third kappa shape index (κ3) is 2.56. The van der Waals surface area contributed by atoms with Crippen LogP contribution in [0.5, 0.6) is 5.75 Å². The lowest BCUT2D eigenvalue weighted by Crippen LogP contribution is -2.37. The van der Waals surface area contributed by atoms with Gasteiger partial charge in [0.25, 0.3) is 0 Å². The lowest BCUT2D eigenvalue weighted by molar-refractivity contribution is -0.0231. The molecule has 0 radical (unpaired) electrons. The van der Waals surface area contributed by atoms with Crippen molar-refractivity contribution in [3.63, 3.8) is 0 Å². The van der Waals surface area contributed by atoms with E-state index in [0.717, 1.165) is 28.0 Å². The maximum absolute atomic E-state index is 12.5. The zero-order chi connectivity index (χ0) is 17.6. The summed E-state index contributed by atoms with van der Waals surface area (Å²) in [7, 11) is 3.42. The summed E-state index contributed by atoms with van der Waals surface area (Å²) in [4.78, 5) is 17.0. The van der Waals surface area contributed by atoms with Gasteiger partial charge in [0.2, 0.25) is 0 Å². The fourth-order valence-corrected chi connectivity index (χ4v) is 3.09. The molecule has 1 fully saturated rings. The molecule has 7 nitrogen and oxygen atoms in total. The van der Waals surface area contributed by atoms with Gasteiger partial charge in [0, 0.05) is 18.8 Å². The molecule has 3 aromatic rings. The molecular formula is C18H20N4O3. The minimum atomic E-state index is -0.0390. The molecule has 1 aliphatic heterocycles. The van der Waals surface area contributed by atoms with E-state index in [1.807, 2.05) is 31.2 Å². The molecule has 0 spiro atoms. The van der Waals surface area contributed by atoms with Gasteiger partial charge in [-0.3, -0.25) is 9.13 Å². The molecule has 1 N–H and O–H groups in total. The molecule has 4 rings (SSSR count). The van der Waals surface area contributed by atoms with Gasteiger partial charge in [-0.2, -0.15) is 0 Å². The lowest BCUT2D eigenvalue weighted by Gasteiger charge is -2.27. The van der Waals surface area contributed by atoms with Gasteiger partial charge in [-0.25, -0.2) is 9.78 Å². The number of hydrogen-bond acceptors (Lipinski definition) is 5. The number of benzene rings is 1. The highest BCUT2D eigenvalue weighted by Crippen LogP contribution is 2.27. The molecule has 0 bridgehead atoms. The molecule has 1 saturated heterocycles. The molecule has 0 saturated carbocycles. The quantitative estimate of drug-likeness (QED) is 0.789. The third-order valence-electron chi connectivity index (χ3n) is 4.66. The fraction of sp³-hybridized carbons (Fsp3) is 0.333. The molecule has 3 heterocycles. The zero-order valence-corrected chi connectivity index (χ0v) is 14.4. The van der Waals surface area contributed by atoms with E-state index in [2.05, 4.69) is 10.3 Å². The number of rotatable bonds is 4. The summed E-state index contributed by atoms with van der Waals surface area (Å²) in [5, 5.41) is 3.32. The van der Waals surface area contributed by atoms with Crippen LogP contribution >= 0.6 is 0 Å². The molecule has 0 aliphatic carbocycles. The van der Waals surface area contributed by atoms with Crippen LogP contribution in [0.1, 0.15) is 11.6 Å². The van der Waals surface area contributed by atoms with E-state index in [1.54, 1.807) is 29.5 Å². The Hall–Kier alpha value is -2.80. The summed E-state index contributed by atoms with van der Waals surface area (Å²) in [6.07, 6.45) is 1.73. The fourth-order valence-electron chi connectivity index (χ4n) is 3.09. The van der Waals surface area contributed by atoms with Gasteiger partial charge in [-0.1, -0.05) is 0 Å². The maximum atomic E-state index is 12.5. The summed E-state index contributed by atoms with van der Waals surface area (Å²) in [5.74, 6) is 1.51. The number of methoxy groups -OCH3 is 1. The van der Waals surface area contributed by atoms with Gasteiger partial charge >= 0.3 is 5.69 Å². The van der Waals surface area contributed by atoms with Crippen molar-refractivity contribution in [2.75, 3.05) is 25.6 Å². The second-order valence-electron chi connectivity index (χ2n) is 6.27. The van der Waals surface area contributed by atoms with Crippen LogP contribution in [-0.4, -0.2) is 34.4 Å². The van der Waals surface area contributed by atoms with Crippen molar-refractivity contribution < 1.29 is 9.47 Å². The van der Waals surface area contributed by atoms with E-state index >= 15 is 0 Å². The first-order chi connectivity index (χ1) is 12.1. The first kappa shape index (κ1) is 15.7. The molecule has 0 atom stereocenters. The number of aromatic nitrogens is 3. The van der Waals surface area contributed by atoms with Gasteiger partial charge in [-0.15, -0.1) is 0 Å². The van der Waals surface area contributed by atoms with Crippen LogP contribution in [0.2, 0.25) is 0 Å². The lowest BCUT2D eigenvalue weighted by atomic mass is 10.2. The van der Waals surface area contributed by atoms with Crippen molar-refractivity contribution in [1.82, 2.24) is 14.1 Å². The number of aryl methyl sites for hydroxylation is 2. The average Bonchev–Trinajstić information content (AvgIpc) is 2.80. The second-order valence-corrected chi connectivity index (χ2v) is 6.27. The van der Waals surface area contributed by atoms with Crippen molar-refractivity contribution in [1.29, 1.82) is 0 Å².